The van der Waals surface area contributed by atoms with Crippen LogP contribution < -0.4 is 10.1 Å². The maximum atomic E-state index is 12.9. The van der Waals surface area contributed by atoms with Crippen molar-refractivity contribution >= 4 is 64.2 Å². The first kappa shape index (κ1) is 22.2. The first-order valence-corrected chi connectivity index (χ1v) is 13.5. The number of nitrogens with one attached hydrogen (secondary N) is 1. The molecule has 1 aliphatic heterocycles. The summed E-state index contributed by atoms with van der Waals surface area (Å²) in [5, 5.41) is 4.47. The summed E-state index contributed by atoms with van der Waals surface area (Å²) in [6, 6.07) is 10.3. The third-order valence-corrected chi connectivity index (χ3v) is 9.62. The molecule has 1 N–H and O–H groups in total. The predicted octanol–water partition coefficient (Wildman–Crippen LogP) is 4.26. The molecule has 1 fully saturated rings. The maximum Gasteiger partial charge on any atom is 0.243 e. The van der Waals surface area contributed by atoms with Gasteiger partial charge in [-0.15, -0.1) is 11.3 Å². The lowest BCUT2D eigenvalue weighted by molar-refractivity contribution is -0.120. The number of ether oxygens (including phenoxy) is 1. The summed E-state index contributed by atoms with van der Waals surface area (Å²) in [6.45, 7) is 2.57. The van der Waals surface area contributed by atoms with E-state index >= 15 is 0 Å². The fourth-order valence-electron chi connectivity index (χ4n) is 4.00. The number of nitrogens with zero attached hydrogens (tertiary/aromatic N) is 3. The zero-order valence-electron chi connectivity index (χ0n) is 18.1. The molecule has 0 unspecified atom stereocenters. The van der Waals surface area contributed by atoms with E-state index in [1.807, 2.05) is 19.1 Å². The molecule has 172 valence electrons. The lowest BCUT2D eigenvalue weighted by atomic mass is 9.97. The number of fused-ring (bicyclic) bond motifs is 3. The number of benzene rings is 2. The molecule has 0 atom stereocenters. The van der Waals surface area contributed by atoms with Gasteiger partial charge in [0.15, 0.2) is 5.13 Å². The number of carbonyl (C=O) groups is 1. The van der Waals surface area contributed by atoms with Crippen molar-refractivity contribution in [3.8, 4) is 5.75 Å². The highest BCUT2D eigenvalue weighted by Crippen LogP contribution is 2.35. The average molecular weight is 503 g/mol. The van der Waals surface area contributed by atoms with Crippen molar-refractivity contribution in [2.75, 3.05) is 25.5 Å². The van der Waals surface area contributed by atoms with Gasteiger partial charge in [-0.1, -0.05) is 11.3 Å². The molecule has 2 aromatic heterocycles. The van der Waals surface area contributed by atoms with Gasteiger partial charge in [0.1, 0.15) is 11.3 Å². The van der Waals surface area contributed by atoms with Crippen LogP contribution in [-0.4, -0.2) is 48.8 Å². The van der Waals surface area contributed by atoms with Crippen LogP contribution in [0.15, 0.2) is 41.3 Å². The Labute approximate surface area is 199 Å². The number of thiazole rings is 2. The minimum absolute atomic E-state index is 0.124. The molecule has 8 nitrogen and oxygen atoms in total. The molecule has 0 bridgehead atoms. The van der Waals surface area contributed by atoms with Gasteiger partial charge in [0.2, 0.25) is 15.9 Å². The topological polar surface area (TPSA) is 101 Å². The van der Waals surface area contributed by atoms with Crippen LogP contribution in [0, 0.1) is 12.8 Å². The molecule has 2 aromatic carbocycles. The van der Waals surface area contributed by atoms with Gasteiger partial charge < -0.3 is 10.1 Å². The monoisotopic (exact) mass is 502 g/mol. The summed E-state index contributed by atoms with van der Waals surface area (Å²) in [4.78, 5) is 22.2. The van der Waals surface area contributed by atoms with Crippen LogP contribution in [0.5, 0.6) is 5.75 Å². The summed E-state index contributed by atoms with van der Waals surface area (Å²) < 4.78 is 34.5. The van der Waals surface area contributed by atoms with Gasteiger partial charge in [-0.25, -0.2) is 18.4 Å². The molecular weight excluding hydrogens is 480 g/mol. The second kappa shape index (κ2) is 8.64. The van der Waals surface area contributed by atoms with Crippen LogP contribution in [0.1, 0.15) is 17.8 Å². The zero-order valence-corrected chi connectivity index (χ0v) is 20.5. The quantitative estimate of drug-likeness (QED) is 0.438. The third kappa shape index (κ3) is 4.21. The molecule has 5 rings (SSSR count). The van der Waals surface area contributed by atoms with Crippen molar-refractivity contribution in [1.82, 2.24) is 14.3 Å². The van der Waals surface area contributed by atoms with Crippen LogP contribution in [0.4, 0.5) is 5.13 Å². The van der Waals surface area contributed by atoms with Gasteiger partial charge in [-0.05, 0) is 56.2 Å². The van der Waals surface area contributed by atoms with E-state index in [2.05, 4.69) is 15.3 Å². The van der Waals surface area contributed by atoms with Gasteiger partial charge in [-0.3, -0.25) is 4.79 Å². The summed E-state index contributed by atoms with van der Waals surface area (Å²) in [7, 11) is -2.07. The molecule has 1 amide bonds. The first-order valence-electron chi connectivity index (χ1n) is 10.5. The number of sulfonamides is 1. The van der Waals surface area contributed by atoms with Crippen LogP contribution in [0.2, 0.25) is 0 Å². The third-order valence-electron chi connectivity index (χ3n) is 5.77. The predicted molar refractivity (Wildman–Crippen MR) is 131 cm³/mol. The van der Waals surface area contributed by atoms with Crippen molar-refractivity contribution in [3.63, 3.8) is 0 Å². The SMILES string of the molecule is COc1ccc(S(=O)(=O)N2CCC(C(=O)Nc3nc4ccc5sc(C)nc5c4s3)CC2)cc1. The lowest BCUT2D eigenvalue weighted by Gasteiger charge is -2.30. The van der Waals surface area contributed by atoms with Gasteiger partial charge in [0, 0.05) is 19.0 Å². The Bertz CT molecular complexity index is 1440. The van der Waals surface area contributed by atoms with Gasteiger partial charge in [0.05, 0.1) is 31.9 Å². The van der Waals surface area contributed by atoms with E-state index in [0.29, 0.717) is 36.8 Å². The van der Waals surface area contributed by atoms with Gasteiger partial charge in [0.25, 0.3) is 0 Å². The minimum atomic E-state index is -3.60. The molecule has 0 aliphatic carbocycles. The number of aromatic nitrogens is 2. The van der Waals surface area contributed by atoms with Crippen molar-refractivity contribution in [2.24, 2.45) is 5.92 Å². The fraction of sp³-hybridized carbons (Fsp3) is 0.318. The van der Waals surface area contributed by atoms with Crippen molar-refractivity contribution in [2.45, 2.75) is 24.7 Å². The number of carbonyl (C=O) groups excluding carboxylic acids is 1. The summed E-state index contributed by atoms with van der Waals surface area (Å²) in [5.41, 5.74) is 1.73. The van der Waals surface area contributed by atoms with E-state index in [0.717, 1.165) is 25.4 Å². The largest absolute Gasteiger partial charge is 0.497 e. The molecule has 4 aromatic rings. The number of anilines is 1. The van der Waals surface area contributed by atoms with E-state index < -0.39 is 10.0 Å². The second-order valence-corrected chi connectivity index (χ2v) is 12.0. The van der Waals surface area contributed by atoms with Crippen molar-refractivity contribution in [3.05, 3.63) is 41.4 Å². The molecule has 0 saturated carbocycles. The van der Waals surface area contributed by atoms with Crippen molar-refractivity contribution < 1.29 is 17.9 Å². The number of methoxy groups -OCH3 is 1. The highest BCUT2D eigenvalue weighted by Gasteiger charge is 2.32. The van der Waals surface area contributed by atoms with Crippen LogP contribution in [0.25, 0.3) is 20.4 Å². The molecule has 0 radical (unpaired) electrons. The van der Waals surface area contributed by atoms with Gasteiger partial charge >= 0.3 is 0 Å². The number of amides is 1. The summed E-state index contributed by atoms with van der Waals surface area (Å²) in [6.07, 6.45) is 0.920. The number of rotatable bonds is 5. The Kier molecular flexibility index (Phi) is 5.81. The average Bonchev–Trinajstić information content (AvgIpc) is 3.41. The molecule has 33 heavy (non-hydrogen) atoms. The standard InChI is InChI=1S/C22H22N4O4S3/c1-13-23-19-18(31-13)8-7-17-20(19)32-22(24-17)25-21(27)14-9-11-26(12-10-14)33(28,29)16-5-3-15(30-2)4-6-16/h3-8,14H,9-12H2,1-2H3,(H,24,25,27). The minimum Gasteiger partial charge on any atom is -0.497 e. The maximum absolute atomic E-state index is 12.9. The number of piperidine rings is 1. The Morgan fingerprint density at radius 1 is 1.09 bits per heavy atom. The normalized spacial score (nSPS) is 15.8. The molecule has 1 aliphatic rings. The van der Waals surface area contributed by atoms with E-state index in [-0.39, 0.29) is 16.7 Å². The smallest absolute Gasteiger partial charge is 0.243 e. The number of hydrogen-bond acceptors (Lipinski definition) is 8. The van der Waals surface area contributed by atoms with Gasteiger partial charge in [-0.2, -0.15) is 4.31 Å². The highest BCUT2D eigenvalue weighted by molar-refractivity contribution is 7.89. The van der Waals surface area contributed by atoms with E-state index in [1.54, 1.807) is 35.6 Å². The number of aryl methyl sites for hydroxylation is 1. The highest BCUT2D eigenvalue weighted by atomic mass is 32.2. The van der Waals surface area contributed by atoms with E-state index in [4.69, 9.17) is 4.74 Å². The Morgan fingerprint density at radius 3 is 2.52 bits per heavy atom. The second-order valence-electron chi connectivity index (χ2n) is 7.86. The molecule has 11 heteroatoms. The van der Waals surface area contributed by atoms with E-state index in [9.17, 15) is 13.2 Å². The zero-order chi connectivity index (χ0) is 23.2. The Balaban J connectivity index is 1.25. The lowest BCUT2D eigenvalue weighted by Crippen LogP contribution is -2.41. The number of hydrogen-bond donors (Lipinski definition) is 1. The van der Waals surface area contributed by atoms with Crippen LogP contribution >= 0.6 is 22.7 Å². The first-order chi connectivity index (χ1) is 15.8. The Hall–Kier alpha value is -2.60. The van der Waals surface area contributed by atoms with Crippen molar-refractivity contribution in [1.29, 1.82) is 0 Å². The summed E-state index contributed by atoms with van der Waals surface area (Å²) >= 11 is 3.06. The van der Waals surface area contributed by atoms with E-state index in [1.165, 1.54) is 22.8 Å². The summed E-state index contributed by atoms with van der Waals surface area (Å²) in [5.74, 6) is 0.215. The molecule has 0 spiro atoms. The Morgan fingerprint density at radius 2 is 1.82 bits per heavy atom. The molecule has 3 heterocycles. The van der Waals surface area contributed by atoms with Crippen LogP contribution in [-0.2, 0) is 14.8 Å². The molecular formula is C22H22N4O4S3. The van der Waals surface area contributed by atoms with Crippen LogP contribution in [0.3, 0.4) is 0 Å². The fourth-order valence-corrected chi connectivity index (χ4v) is 7.33. The molecule has 1 saturated heterocycles.